The monoisotopic (exact) mass is 477 g/mol. The SMILES string of the molecule is Cc1cc(-c2ccc(C(F)(F)F)nc2)nc(-c2cccc(-c3ccc(S(=O)(=O)O)s3)c2)n1. The maximum atomic E-state index is 12.8. The molecule has 0 bridgehead atoms. The summed E-state index contributed by atoms with van der Waals surface area (Å²) in [5, 5.41) is 0. The molecule has 0 saturated heterocycles. The number of benzene rings is 1. The highest BCUT2D eigenvalue weighted by atomic mass is 32.3. The average Bonchev–Trinajstić information content (AvgIpc) is 3.24. The summed E-state index contributed by atoms with van der Waals surface area (Å²) in [6.07, 6.45) is -3.41. The van der Waals surface area contributed by atoms with E-state index >= 15 is 0 Å². The van der Waals surface area contributed by atoms with E-state index in [9.17, 15) is 26.1 Å². The van der Waals surface area contributed by atoms with Gasteiger partial charge in [0.1, 0.15) is 9.90 Å². The van der Waals surface area contributed by atoms with Crippen molar-refractivity contribution in [2.45, 2.75) is 17.3 Å². The van der Waals surface area contributed by atoms with Crippen LogP contribution in [0.15, 0.2) is 65.0 Å². The molecule has 0 unspecified atom stereocenters. The Hall–Kier alpha value is -3.15. The molecule has 1 N–H and O–H groups in total. The summed E-state index contributed by atoms with van der Waals surface area (Å²) >= 11 is 0.924. The summed E-state index contributed by atoms with van der Waals surface area (Å²) in [6.45, 7) is 1.74. The summed E-state index contributed by atoms with van der Waals surface area (Å²) in [6, 6.07) is 13.8. The van der Waals surface area contributed by atoms with E-state index in [4.69, 9.17) is 0 Å². The molecule has 1 aromatic carbocycles. The highest BCUT2D eigenvalue weighted by Gasteiger charge is 2.32. The van der Waals surface area contributed by atoms with Gasteiger partial charge in [-0.15, -0.1) is 11.3 Å². The van der Waals surface area contributed by atoms with E-state index in [0.717, 1.165) is 23.6 Å². The van der Waals surface area contributed by atoms with Gasteiger partial charge < -0.3 is 0 Å². The highest BCUT2D eigenvalue weighted by Crippen LogP contribution is 2.33. The Balaban J connectivity index is 1.71. The molecule has 0 aliphatic carbocycles. The summed E-state index contributed by atoms with van der Waals surface area (Å²) in [4.78, 5) is 13.0. The van der Waals surface area contributed by atoms with Crippen LogP contribution in [0.2, 0.25) is 0 Å². The molecule has 4 aromatic rings. The Morgan fingerprint density at radius 3 is 2.31 bits per heavy atom. The third-order valence-electron chi connectivity index (χ3n) is 4.44. The molecule has 32 heavy (non-hydrogen) atoms. The predicted octanol–water partition coefficient (Wildman–Crippen LogP) is 5.51. The second-order valence-corrected chi connectivity index (χ2v) is 9.55. The zero-order valence-corrected chi connectivity index (χ0v) is 18.0. The van der Waals surface area contributed by atoms with Crippen LogP contribution >= 0.6 is 11.3 Å². The standard InChI is InChI=1S/C21H14F3N3O3S2/c1-12-9-16(15-5-7-18(25-11-15)21(22,23)24)27-20(26-12)14-4-2-3-13(10-14)17-6-8-19(31-17)32(28,29)30/h2-11H,1H3,(H,28,29,30). The van der Waals surface area contributed by atoms with Gasteiger partial charge in [0.15, 0.2) is 5.82 Å². The van der Waals surface area contributed by atoms with Crippen LogP contribution in [0, 0.1) is 6.92 Å². The molecule has 3 heterocycles. The smallest absolute Gasteiger partial charge is 0.281 e. The van der Waals surface area contributed by atoms with E-state index in [1.165, 1.54) is 12.1 Å². The van der Waals surface area contributed by atoms with Gasteiger partial charge in [0.05, 0.1) is 5.69 Å². The van der Waals surface area contributed by atoms with Gasteiger partial charge in [0.2, 0.25) is 0 Å². The van der Waals surface area contributed by atoms with Crippen LogP contribution in [0.1, 0.15) is 11.4 Å². The first kappa shape index (κ1) is 22.1. The van der Waals surface area contributed by atoms with Crippen LogP contribution in [0.25, 0.3) is 33.1 Å². The molecule has 11 heteroatoms. The lowest BCUT2D eigenvalue weighted by molar-refractivity contribution is -0.141. The number of aryl methyl sites for hydroxylation is 1. The van der Waals surface area contributed by atoms with Gasteiger partial charge in [0, 0.05) is 27.9 Å². The maximum absolute atomic E-state index is 12.8. The largest absolute Gasteiger partial charge is 0.433 e. The van der Waals surface area contributed by atoms with Crippen molar-refractivity contribution in [3.8, 4) is 33.1 Å². The van der Waals surface area contributed by atoms with E-state index in [0.29, 0.717) is 38.8 Å². The normalized spacial score (nSPS) is 12.2. The summed E-state index contributed by atoms with van der Waals surface area (Å²) in [5.41, 5.74) is 1.79. The second kappa shape index (κ2) is 8.08. The average molecular weight is 477 g/mol. The summed E-state index contributed by atoms with van der Waals surface area (Å²) < 4.78 is 70.0. The first-order valence-corrected chi connectivity index (χ1v) is 11.3. The maximum Gasteiger partial charge on any atom is 0.433 e. The minimum Gasteiger partial charge on any atom is -0.281 e. The minimum absolute atomic E-state index is 0.165. The van der Waals surface area contributed by atoms with Crippen LogP contribution in [-0.2, 0) is 16.3 Å². The van der Waals surface area contributed by atoms with Crippen LogP contribution in [0.4, 0.5) is 13.2 Å². The molecule has 3 aromatic heterocycles. The van der Waals surface area contributed by atoms with E-state index in [2.05, 4.69) is 15.0 Å². The third-order valence-corrected chi connectivity index (χ3v) is 6.90. The molecule has 4 rings (SSSR count). The minimum atomic E-state index is -4.53. The van der Waals surface area contributed by atoms with Gasteiger partial charge in [0.25, 0.3) is 0 Å². The van der Waals surface area contributed by atoms with Crippen molar-refractivity contribution in [2.24, 2.45) is 0 Å². The number of aromatic nitrogens is 3. The number of halogens is 3. The second-order valence-electron chi connectivity index (χ2n) is 6.82. The first-order valence-electron chi connectivity index (χ1n) is 9.08. The molecule has 0 atom stereocenters. The molecule has 164 valence electrons. The summed E-state index contributed by atoms with van der Waals surface area (Å²) in [5.74, 6) is 0.355. The van der Waals surface area contributed by atoms with Crippen LogP contribution in [0.3, 0.4) is 0 Å². The topological polar surface area (TPSA) is 93.0 Å². The number of hydrogen-bond acceptors (Lipinski definition) is 6. The molecular formula is C21H14F3N3O3S2. The number of alkyl halides is 3. The molecule has 0 saturated carbocycles. The third kappa shape index (κ3) is 4.69. The molecular weight excluding hydrogens is 463 g/mol. The molecule has 0 aliphatic rings. The zero-order valence-electron chi connectivity index (χ0n) is 16.3. The molecule has 0 aliphatic heterocycles. The molecule has 0 radical (unpaired) electrons. The molecule has 0 spiro atoms. The highest BCUT2D eigenvalue weighted by molar-refractivity contribution is 7.88. The molecule has 6 nitrogen and oxygen atoms in total. The Bertz CT molecular complexity index is 1400. The van der Waals surface area contributed by atoms with Crippen molar-refractivity contribution in [2.75, 3.05) is 0 Å². The van der Waals surface area contributed by atoms with Crippen LogP contribution in [-0.4, -0.2) is 27.9 Å². The van der Waals surface area contributed by atoms with Gasteiger partial charge >= 0.3 is 16.3 Å². The number of thiophene rings is 1. The van der Waals surface area contributed by atoms with Gasteiger partial charge in [-0.25, -0.2) is 9.97 Å². The van der Waals surface area contributed by atoms with E-state index in [1.54, 1.807) is 43.3 Å². The Labute approximate surface area is 185 Å². The Morgan fingerprint density at radius 2 is 1.69 bits per heavy atom. The summed E-state index contributed by atoms with van der Waals surface area (Å²) in [7, 11) is -4.29. The van der Waals surface area contributed by atoms with Crippen LogP contribution in [0.5, 0.6) is 0 Å². The van der Waals surface area contributed by atoms with E-state index in [-0.39, 0.29) is 4.21 Å². The Morgan fingerprint density at radius 1 is 0.938 bits per heavy atom. The van der Waals surface area contributed by atoms with Crippen molar-refractivity contribution in [1.29, 1.82) is 0 Å². The fourth-order valence-electron chi connectivity index (χ4n) is 2.98. The lowest BCUT2D eigenvalue weighted by atomic mass is 10.1. The lowest BCUT2D eigenvalue weighted by Crippen LogP contribution is -2.07. The molecule has 0 fully saturated rings. The fourth-order valence-corrected chi connectivity index (χ4v) is 4.65. The van der Waals surface area contributed by atoms with Crippen LogP contribution < -0.4 is 0 Å². The van der Waals surface area contributed by atoms with Crippen molar-refractivity contribution in [3.63, 3.8) is 0 Å². The van der Waals surface area contributed by atoms with E-state index < -0.39 is 22.0 Å². The van der Waals surface area contributed by atoms with Gasteiger partial charge in [-0.3, -0.25) is 9.54 Å². The number of hydrogen-bond donors (Lipinski definition) is 1. The quantitative estimate of drug-likeness (QED) is 0.390. The predicted molar refractivity (Wildman–Crippen MR) is 114 cm³/mol. The molecule has 0 amide bonds. The number of rotatable bonds is 4. The zero-order chi connectivity index (χ0) is 23.1. The van der Waals surface area contributed by atoms with Gasteiger partial charge in [-0.1, -0.05) is 18.2 Å². The first-order chi connectivity index (χ1) is 15.0. The van der Waals surface area contributed by atoms with E-state index in [1.807, 2.05) is 0 Å². The van der Waals surface area contributed by atoms with Gasteiger partial charge in [-0.05, 0) is 48.9 Å². The lowest BCUT2D eigenvalue weighted by Gasteiger charge is -2.09. The van der Waals surface area contributed by atoms with Crippen molar-refractivity contribution in [1.82, 2.24) is 15.0 Å². The fraction of sp³-hybridized carbons (Fsp3) is 0.0952. The number of nitrogens with zero attached hydrogens (tertiary/aromatic N) is 3. The van der Waals surface area contributed by atoms with Crippen molar-refractivity contribution < 1.29 is 26.1 Å². The van der Waals surface area contributed by atoms with Gasteiger partial charge in [-0.2, -0.15) is 21.6 Å². The Kier molecular flexibility index (Phi) is 5.57. The number of pyridine rings is 1. The van der Waals surface area contributed by atoms with Crippen molar-refractivity contribution in [3.05, 3.63) is 72.2 Å². The van der Waals surface area contributed by atoms with Crippen molar-refractivity contribution >= 4 is 21.5 Å².